The first kappa shape index (κ1) is 15.1. The highest BCUT2D eigenvalue weighted by molar-refractivity contribution is 5.19. The monoisotopic (exact) mass is 255 g/mol. The number of hydrogen-bond donors (Lipinski definition) is 1. The Hall–Kier alpha value is -0.960. The van der Waals surface area contributed by atoms with Gasteiger partial charge in [-0.3, -0.25) is 0 Å². The molecule has 1 N–H and O–H groups in total. The van der Waals surface area contributed by atoms with Gasteiger partial charge in [-0.1, -0.05) is 19.4 Å². The van der Waals surface area contributed by atoms with Gasteiger partial charge in [0.1, 0.15) is 11.6 Å². The predicted octanol–water partition coefficient (Wildman–Crippen LogP) is 3.92. The number of rotatable bonds is 5. The van der Waals surface area contributed by atoms with Crippen LogP contribution in [0.3, 0.4) is 0 Å². The van der Waals surface area contributed by atoms with Crippen LogP contribution in [-0.4, -0.2) is 12.1 Å². The van der Waals surface area contributed by atoms with E-state index in [0.29, 0.717) is 17.9 Å². The van der Waals surface area contributed by atoms with Crippen LogP contribution in [0.25, 0.3) is 0 Å². The zero-order valence-electron chi connectivity index (χ0n) is 11.7. The molecule has 0 saturated carbocycles. The maximum Gasteiger partial charge on any atom is 0.129 e. The van der Waals surface area contributed by atoms with E-state index in [1.165, 1.54) is 6.07 Å². The van der Waals surface area contributed by atoms with Crippen LogP contribution in [0.5, 0.6) is 0 Å². The molecule has 1 aromatic rings. The quantitative estimate of drug-likeness (QED) is 0.841. The van der Waals surface area contributed by atoms with E-state index in [-0.39, 0.29) is 5.54 Å². The van der Waals surface area contributed by atoms with E-state index in [1.807, 2.05) is 0 Å². The van der Waals surface area contributed by atoms with Crippen LogP contribution < -0.4 is 5.32 Å². The van der Waals surface area contributed by atoms with E-state index in [1.54, 1.807) is 6.07 Å². The highest BCUT2D eigenvalue weighted by Gasteiger charge is 2.15. The molecular weight excluding hydrogens is 232 g/mol. The Morgan fingerprint density at radius 1 is 1.22 bits per heavy atom. The van der Waals surface area contributed by atoms with Crippen molar-refractivity contribution in [1.82, 2.24) is 5.32 Å². The average Bonchev–Trinajstić information content (AvgIpc) is 2.25. The Balaban J connectivity index is 2.62. The van der Waals surface area contributed by atoms with Gasteiger partial charge in [-0.25, -0.2) is 8.78 Å². The number of hydrogen-bond acceptors (Lipinski definition) is 1. The van der Waals surface area contributed by atoms with Crippen molar-refractivity contribution in [3.05, 3.63) is 35.4 Å². The molecule has 0 heterocycles. The van der Waals surface area contributed by atoms with Crippen molar-refractivity contribution >= 4 is 0 Å². The highest BCUT2D eigenvalue weighted by Crippen LogP contribution is 2.17. The van der Waals surface area contributed by atoms with Gasteiger partial charge in [0.05, 0.1) is 0 Å². The second kappa shape index (κ2) is 6.28. The lowest BCUT2D eigenvalue weighted by Gasteiger charge is -2.25. The minimum atomic E-state index is -0.517. The van der Waals surface area contributed by atoms with Gasteiger partial charge in [0, 0.05) is 11.6 Å². The van der Waals surface area contributed by atoms with E-state index in [4.69, 9.17) is 0 Å². The topological polar surface area (TPSA) is 12.0 Å². The average molecular weight is 255 g/mol. The van der Waals surface area contributed by atoms with Crippen molar-refractivity contribution in [1.29, 1.82) is 0 Å². The lowest BCUT2D eigenvalue weighted by molar-refractivity contribution is 0.360. The molecule has 3 heteroatoms. The molecule has 1 rings (SSSR count). The zero-order valence-corrected chi connectivity index (χ0v) is 11.7. The SMILES string of the molecule is CCC(CNC(C)(C)C)Cc1ccc(F)cc1F. The third-order valence-corrected chi connectivity index (χ3v) is 3.02. The fraction of sp³-hybridized carbons (Fsp3) is 0.600. The summed E-state index contributed by atoms with van der Waals surface area (Å²) in [6.45, 7) is 9.27. The van der Waals surface area contributed by atoms with E-state index < -0.39 is 11.6 Å². The standard InChI is InChI=1S/C15H23F2N/c1-5-11(10-18-15(2,3)4)8-12-6-7-13(16)9-14(12)17/h6-7,9,11,18H,5,8,10H2,1-4H3. The van der Waals surface area contributed by atoms with Gasteiger partial charge in [0.25, 0.3) is 0 Å². The Morgan fingerprint density at radius 2 is 1.89 bits per heavy atom. The zero-order chi connectivity index (χ0) is 13.8. The maximum atomic E-state index is 13.6. The van der Waals surface area contributed by atoms with E-state index in [2.05, 4.69) is 33.0 Å². The van der Waals surface area contributed by atoms with Gasteiger partial charge in [0.15, 0.2) is 0 Å². The summed E-state index contributed by atoms with van der Waals surface area (Å²) in [7, 11) is 0. The molecule has 0 fully saturated rings. The summed E-state index contributed by atoms with van der Waals surface area (Å²) in [6.07, 6.45) is 1.62. The largest absolute Gasteiger partial charge is 0.312 e. The summed E-state index contributed by atoms with van der Waals surface area (Å²) in [6, 6.07) is 3.83. The summed E-state index contributed by atoms with van der Waals surface area (Å²) >= 11 is 0. The van der Waals surface area contributed by atoms with Crippen molar-refractivity contribution in [3.63, 3.8) is 0 Å². The maximum absolute atomic E-state index is 13.6. The highest BCUT2D eigenvalue weighted by atomic mass is 19.1. The predicted molar refractivity (Wildman–Crippen MR) is 71.6 cm³/mol. The van der Waals surface area contributed by atoms with Crippen LogP contribution >= 0.6 is 0 Å². The summed E-state index contributed by atoms with van der Waals surface area (Å²) in [5, 5.41) is 3.43. The van der Waals surface area contributed by atoms with Gasteiger partial charge >= 0.3 is 0 Å². The molecule has 0 aliphatic rings. The lowest BCUT2D eigenvalue weighted by atomic mass is 9.95. The molecule has 0 radical (unpaired) electrons. The molecule has 1 aromatic carbocycles. The molecule has 0 saturated heterocycles. The van der Waals surface area contributed by atoms with Crippen LogP contribution in [0.1, 0.15) is 39.7 Å². The first-order chi connectivity index (χ1) is 8.31. The lowest BCUT2D eigenvalue weighted by Crippen LogP contribution is -2.39. The van der Waals surface area contributed by atoms with E-state index >= 15 is 0 Å². The van der Waals surface area contributed by atoms with E-state index in [9.17, 15) is 8.78 Å². The van der Waals surface area contributed by atoms with Crippen LogP contribution in [-0.2, 0) is 6.42 Å². The molecule has 1 unspecified atom stereocenters. The second-order valence-electron chi connectivity index (χ2n) is 5.85. The number of halogens is 2. The summed E-state index contributed by atoms with van der Waals surface area (Å²) in [5.74, 6) is -0.592. The number of benzene rings is 1. The molecule has 0 spiro atoms. The van der Waals surface area contributed by atoms with Crippen molar-refractivity contribution in [3.8, 4) is 0 Å². The Kier molecular flexibility index (Phi) is 5.27. The molecule has 18 heavy (non-hydrogen) atoms. The van der Waals surface area contributed by atoms with Gasteiger partial charge in [-0.05, 0) is 51.3 Å². The molecule has 0 aliphatic heterocycles. The first-order valence-electron chi connectivity index (χ1n) is 6.50. The summed E-state index contributed by atoms with van der Waals surface area (Å²) < 4.78 is 26.4. The minimum absolute atomic E-state index is 0.0642. The molecule has 0 amide bonds. The molecule has 0 bridgehead atoms. The first-order valence-corrected chi connectivity index (χ1v) is 6.50. The van der Waals surface area contributed by atoms with E-state index in [0.717, 1.165) is 19.0 Å². The van der Waals surface area contributed by atoms with Gasteiger partial charge in [0.2, 0.25) is 0 Å². The van der Waals surface area contributed by atoms with Crippen LogP contribution in [0.15, 0.2) is 18.2 Å². The molecule has 102 valence electrons. The van der Waals surface area contributed by atoms with Gasteiger partial charge in [-0.2, -0.15) is 0 Å². The molecular formula is C15H23F2N. The summed E-state index contributed by atoms with van der Waals surface area (Å²) in [5.41, 5.74) is 0.661. The molecule has 1 nitrogen and oxygen atoms in total. The normalized spacial score (nSPS) is 13.7. The van der Waals surface area contributed by atoms with Crippen molar-refractivity contribution in [2.45, 2.75) is 46.1 Å². The third kappa shape index (κ3) is 5.13. The van der Waals surface area contributed by atoms with Crippen molar-refractivity contribution in [2.24, 2.45) is 5.92 Å². The van der Waals surface area contributed by atoms with Gasteiger partial charge in [-0.15, -0.1) is 0 Å². The molecule has 0 aliphatic carbocycles. The van der Waals surface area contributed by atoms with Crippen LogP contribution in [0.4, 0.5) is 8.78 Å². The smallest absolute Gasteiger partial charge is 0.129 e. The fourth-order valence-corrected chi connectivity index (χ4v) is 1.81. The Bertz CT molecular complexity index is 383. The van der Waals surface area contributed by atoms with Crippen LogP contribution in [0.2, 0.25) is 0 Å². The summed E-state index contributed by atoms with van der Waals surface area (Å²) in [4.78, 5) is 0. The van der Waals surface area contributed by atoms with Crippen molar-refractivity contribution < 1.29 is 8.78 Å². The molecule has 0 aromatic heterocycles. The molecule has 1 atom stereocenters. The Labute approximate surface area is 109 Å². The minimum Gasteiger partial charge on any atom is -0.312 e. The fourth-order valence-electron chi connectivity index (χ4n) is 1.81. The van der Waals surface area contributed by atoms with Crippen molar-refractivity contribution in [2.75, 3.05) is 6.54 Å². The van der Waals surface area contributed by atoms with Gasteiger partial charge < -0.3 is 5.32 Å². The van der Waals surface area contributed by atoms with Crippen LogP contribution in [0, 0.1) is 17.6 Å². The Morgan fingerprint density at radius 3 is 2.39 bits per heavy atom. The third-order valence-electron chi connectivity index (χ3n) is 3.02. The number of nitrogens with one attached hydrogen (secondary N) is 1. The second-order valence-corrected chi connectivity index (χ2v) is 5.85.